The number of hydrogen-bond acceptors (Lipinski definition) is 4. The number of nitrogens with zero attached hydrogens (tertiary/aromatic N) is 3. The van der Waals surface area contributed by atoms with Gasteiger partial charge in [0, 0.05) is 13.1 Å². The predicted octanol–water partition coefficient (Wildman–Crippen LogP) is 5.43. The molecule has 1 saturated heterocycles. The summed E-state index contributed by atoms with van der Waals surface area (Å²) >= 11 is 13.6. The molecule has 0 N–H and O–H groups in total. The van der Waals surface area contributed by atoms with Crippen LogP contribution in [0.2, 0.25) is 10.0 Å². The van der Waals surface area contributed by atoms with Crippen molar-refractivity contribution in [2.24, 2.45) is 5.92 Å². The number of halogens is 2. The van der Waals surface area contributed by atoms with Crippen LogP contribution in [0.15, 0.2) is 52.4 Å². The van der Waals surface area contributed by atoms with Crippen molar-refractivity contribution < 1.29 is 4.79 Å². The molecule has 1 unspecified atom stereocenters. The van der Waals surface area contributed by atoms with E-state index in [0.717, 1.165) is 25.9 Å². The first kappa shape index (κ1) is 22.2. The van der Waals surface area contributed by atoms with E-state index in [1.54, 1.807) is 36.4 Å². The lowest BCUT2D eigenvalue weighted by Crippen LogP contribution is -2.42. The predicted molar refractivity (Wildman–Crippen MR) is 128 cm³/mol. The second kappa shape index (κ2) is 9.23. The minimum absolute atomic E-state index is 0.0694. The van der Waals surface area contributed by atoms with Crippen molar-refractivity contribution in [3.8, 4) is 5.69 Å². The molecule has 162 valence electrons. The van der Waals surface area contributed by atoms with E-state index < -0.39 is 0 Å². The fraction of sp³-hybridized carbons (Fsp3) is 0.348. The van der Waals surface area contributed by atoms with Crippen molar-refractivity contribution in [1.82, 2.24) is 14.5 Å². The molecule has 2 aromatic carbocycles. The van der Waals surface area contributed by atoms with Gasteiger partial charge in [-0.2, -0.15) is 0 Å². The zero-order valence-electron chi connectivity index (χ0n) is 17.3. The van der Waals surface area contributed by atoms with E-state index >= 15 is 0 Å². The van der Waals surface area contributed by atoms with Crippen molar-refractivity contribution in [3.63, 3.8) is 0 Å². The molecule has 4 rings (SSSR count). The Morgan fingerprint density at radius 3 is 2.55 bits per heavy atom. The van der Waals surface area contributed by atoms with Crippen LogP contribution in [-0.2, 0) is 4.79 Å². The highest BCUT2D eigenvalue weighted by Gasteiger charge is 2.27. The van der Waals surface area contributed by atoms with Crippen LogP contribution in [0, 0.1) is 5.92 Å². The van der Waals surface area contributed by atoms with Crippen LogP contribution >= 0.6 is 35.0 Å². The second-order valence-corrected chi connectivity index (χ2v) is 10.0. The van der Waals surface area contributed by atoms with Crippen LogP contribution < -0.4 is 5.56 Å². The molecule has 5 nitrogen and oxygen atoms in total. The summed E-state index contributed by atoms with van der Waals surface area (Å²) in [7, 11) is 0. The molecule has 1 fully saturated rings. The molecule has 0 aliphatic carbocycles. The van der Waals surface area contributed by atoms with Crippen molar-refractivity contribution in [1.29, 1.82) is 0 Å². The Bertz CT molecular complexity index is 1190. The molecule has 8 heteroatoms. The molecule has 1 aliphatic heterocycles. The molecule has 1 aromatic heterocycles. The average molecular weight is 476 g/mol. The fourth-order valence-corrected chi connectivity index (χ4v) is 5.04. The van der Waals surface area contributed by atoms with Crippen LogP contribution in [0.1, 0.15) is 26.7 Å². The summed E-state index contributed by atoms with van der Waals surface area (Å²) in [5, 5.41) is 1.33. The molecule has 1 amide bonds. The van der Waals surface area contributed by atoms with Gasteiger partial charge in [-0.25, -0.2) is 4.98 Å². The third kappa shape index (κ3) is 4.61. The monoisotopic (exact) mass is 475 g/mol. The molecule has 2 heterocycles. The van der Waals surface area contributed by atoms with Gasteiger partial charge in [-0.15, -0.1) is 0 Å². The van der Waals surface area contributed by atoms with Gasteiger partial charge in [-0.05, 0) is 56.0 Å². The lowest BCUT2D eigenvalue weighted by atomic mass is 9.99. The van der Waals surface area contributed by atoms with Gasteiger partial charge >= 0.3 is 0 Å². The number of para-hydroxylation sites is 1. The highest BCUT2D eigenvalue weighted by atomic mass is 35.5. The van der Waals surface area contributed by atoms with Crippen molar-refractivity contribution in [2.75, 3.05) is 13.1 Å². The van der Waals surface area contributed by atoms with E-state index in [1.165, 1.54) is 16.3 Å². The summed E-state index contributed by atoms with van der Waals surface area (Å²) < 4.78 is 1.51. The van der Waals surface area contributed by atoms with Gasteiger partial charge < -0.3 is 4.90 Å². The molecular weight excluding hydrogens is 453 g/mol. The first-order valence-corrected chi connectivity index (χ1v) is 11.9. The molecule has 1 atom stereocenters. The zero-order chi connectivity index (χ0) is 22.1. The zero-order valence-corrected chi connectivity index (χ0v) is 19.7. The third-order valence-corrected chi connectivity index (χ3v) is 7.41. The highest BCUT2D eigenvalue weighted by molar-refractivity contribution is 8.00. The van der Waals surface area contributed by atoms with Gasteiger partial charge in [0.1, 0.15) is 0 Å². The molecule has 0 radical (unpaired) electrons. The molecular formula is C23H23Cl2N3O2S. The first-order chi connectivity index (χ1) is 14.8. The number of amides is 1. The Hall–Kier alpha value is -2.02. The lowest BCUT2D eigenvalue weighted by molar-refractivity contribution is -0.131. The molecule has 3 aromatic rings. The Morgan fingerprint density at radius 2 is 1.84 bits per heavy atom. The van der Waals surface area contributed by atoms with Gasteiger partial charge in [-0.1, -0.05) is 54.0 Å². The van der Waals surface area contributed by atoms with E-state index in [9.17, 15) is 9.59 Å². The number of thioether (sulfide) groups is 1. The van der Waals surface area contributed by atoms with Crippen molar-refractivity contribution in [3.05, 3.63) is 62.9 Å². The number of aromatic nitrogens is 2. The van der Waals surface area contributed by atoms with Gasteiger partial charge in [0.15, 0.2) is 5.16 Å². The molecule has 0 spiro atoms. The number of rotatable bonds is 4. The number of likely N-dealkylation sites (tertiary alicyclic amines) is 1. The molecule has 0 bridgehead atoms. The average Bonchev–Trinajstić information content (AvgIpc) is 2.76. The first-order valence-electron chi connectivity index (χ1n) is 10.3. The lowest BCUT2D eigenvalue weighted by Gasteiger charge is -2.32. The minimum Gasteiger partial charge on any atom is -0.342 e. The van der Waals surface area contributed by atoms with Crippen molar-refractivity contribution in [2.45, 2.75) is 37.1 Å². The SMILES string of the molecule is CC1CCN(C(=O)C(C)Sc2nc3ccccc3c(=O)n2-c2ccc(Cl)c(Cl)c2)CC1. The van der Waals surface area contributed by atoms with E-state index in [-0.39, 0.29) is 16.7 Å². The van der Waals surface area contributed by atoms with Gasteiger partial charge in [0.05, 0.1) is 31.9 Å². The summed E-state index contributed by atoms with van der Waals surface area (Å²) in [6.45, 7) is 5.63. The van der Waals surface area contributed by atoms with Crippen LogP contribution in [0.4, 0.5) is 0 Å². The van der Waals surface area contributed by atoms with E-state index in [1.807, 2.05) is 17.9 Å². The van der Waals surface area contributed by atoms with Crippen LogP contribution in [0.3, 0.4) is 0 Å². The summed E-state index contributed by atoms with van der Waals surface area (Å²) in [4.78, 5) is 33.1. The smallest absolute Gasteiger partial charge is 0.266 e. The van der Waals surface area contributed by atoms with Crippen LogP contribution in [-0.4, -0.2) is 38.7 Å². The maximum absolute atomic E-state index is 13.4. The number of hydrogen-bond donors (Lipinski definition) is 0. The van der Waals surface area contributed by atoms with E-state index in [2.05, 4.69) is 6.92 Å². The third-order valence-electron chi connectivity index (χ3n) is 5.63. The highest BCUT2D eigenvalue weighted by Crippen LogP contribution is 2.30. The maximum Gasteiger partial charge on any atom is 0.266 e. The minimum atomic E-state index is -0.379. The summed E-state index contributed by atoms with van der Waals surface area (Å²) in [6.07, 6.45) is 2.04. The van der Waals surface area contributed by atoms with Gasteiger partial charge in [-0.3, -0.25) is 14.2 Å². The van der Waals surface area contributed by atoms with E-state index in [0.29, 0.717) is 37.7 Å². The number of carbonyl (C=O) groups is 1. The molecule has 0 saturated carbocycles. The van der Waals surface area contributed by atoms with Crippen LogP contribution in [0.25, 0.3) is 16.6 Å². The normalized spacial score (nSPS) is 15.9. The molecule has 31 heavy (non-hydrogen) atoms. The van der Waals surface area contributed by atoms with Crippen molar-refractivity contribution >= 4 is 51.8 Å². The Kier molecular flexibility index (Phi) is 6.60. The maximum atomic E-state index is 13.4. The largest absolute Gasteiger partial charge is 0.342 e. The number of carbonyl (C=O) groups excluding carboxylic acids is 1. The Labute approximate surface area is 195 Å². The summed E-state index contributed by atoms with van der Waals surface area (Å²) in [5.74, 6) is 0.717. The number of benzene rings is 2. The Balaban J connectivity index is 1.74. The topological polar surface area (TPSA) is 55.2 Å². The quantitative estimate of drug-likeness (QED) is 0.372. The van der Waals surface area contributed by atoms with E-state index in [4.69, 9.17) is 28.2 Å². The molecule has 1 aliphatic rings. The van der Waals surface area contributed by atoms with Gasteiger partial charge in [0.25, 0.3) is 5.56 Å². The summed E-state index contributed by atoms with van der Waals surface area (Å²) in [6, 6.07) is 12.2. The summed E-state index contributed by atoms with van der Waals surface area (Å²) in [5.41, 5.74) is 0.947. The Morgan fingerprint density at radius 1 is 1.13 bits per heavy atom. The van der Waals surface area contributed by atoms with Gasteiger partial charge in [0.2, 0.25) is 5.91 Å². The number of piperidine rings is 1. The van der Waals surface area contributed by atoms with Crippen LogP contribution in [0.5, 0.6) is 0 Å². The second-order valence-electron chi connectivity index (χ2n) is 7.92. The standard InChI is InChI=1S/C23H23Cl2N3O2S/c1-14-9-11-27(12-10-14)21(29)15(2)31-23-26-20-6-4-3-5-17(20)22(30)28(23)16-7-8-18(24)19(25)13-16/h3-8,13-15H,9-12H2,1-2H3. The fourth-order valence-electron chi connectivity index (χ4n) is 3.74. The number of fused-ring (bicyclic) bond motifs is 1.